The fourth-order valence-electron chi connectivity index (χ4n) is 1.89. The third-order valence-corrected chi connectivity index (χ3v) is 3.59. The molecule has 84 valence electrons. The van der Waals surface area contributed by atoms with Crippen molar-refractivity contribution in [2.24, 2.45) is 5.41 Å². The van der Waals surface area contributed by atoms with Crippen molar-refractivity contribution >= 4 is 17.3 Å². The van der Waals surface area contributed by atoms with E-state index < -0.39 is 0 Å². The molecule has 0 spiro atoms. The van der Waals surface area contributed by atoms with Gasteiger partial charge in [-0.1, -0.05) is 23.7 Å². The van der Waals surface area contributed by atoms with Gasteiger partial charge in [-0.3, -0.25) is 0 Å². The monoisotopic (exact) mass is 234 g/mol. The lowest BCUT2D eigenvalue weighted by Gasteiger charge is -2.16. The molecule has 2 nitrogen and oxygen atoms in total. The van der Waals surface area contributed by atoms with Gasteiger partial charge in [-0.15, -0.1) is 0 Å². The summed E-state index contributed by atoms with van der Waals surface area (Å²) in [5.41, 5.74) is 2.37. The predicted molar refractivity (Wildman–Crippen MR) is 66.6 cm³/mol. The Morgan fingerprint density at radius 1 is 1.50 bits per heavy atom. The maximum absolute atomic E-state index is 8.74. The second kappa shape index (κ2) is 4.35. The van der Waals surface area contributed by atoms with Gasteiger partial charge < -0.3 is 5.32 Å². The summed E-state index contributed by atoms with van der Waals surface area (Å²) < 4.78 is 0. The average molecular weight is 235 g/mol. The Kier molecular flexibility index (Phi) is 3.07. The first-order chi connectivity index (χ1) is 7.67. The summed E-state index contributed by atoms with van der Waals surface area (Å²) in [5.74, 6) is 0. The van der Waals surface area contributed by atoms with Crippen LogP contribution < -0.4 is 5.32 Å². The van der Waals surface area contributed by atoms with E-state index in [0.717, 1.165) is 35.7 Å². The zero-order valence-electron chi connectivity index (χ0n) is 9.39. The van der Waals surface area contributed by atoms with Gasteiger partial charge in [0.25, 0.3) is 0 Å². The lowest BCUT2D eigenvalue weighted by atomic mass is 10.0. The summed E-state index contributed by atoms with van der Waals surface area (Å²) >= 11 is 6.13. The Bertz CT molecular complexity index is 410. The van der Waals surface area contributed by atoms with E-state index >= 15 is 0 Å². The van der Waals surface area contributed by atoms with E-state index in [1.54, 1.807) is 0 Å². The Hall–Kier alpha value is -1.20. The second-order valence-electron chi connectivity index (χ2n) is 4.62. The predicted octanol–water partition coefficient (Wildman–Crippen LogP) is 3.75. The molecule has 0 saturated heterocycles. The summed E-state index contributed by atoms with van der Waals surface area (Å²) in [6, 6.07) is 8.14. The number of benzene rings is 1. The van der Waals surface area contributed by atoms with Crippen molar-refractivity contribution in [1.29, 1.82) is 5.26 Å². The molecule has 1 saturated carbocycles. The highest BCUT2D eigenvalue weighted by atomic mass is 35.5. The van der Waals surface area contributed by atoms with Gasteiger partial charge in [-0.2, -0.15) is 5.26 Å². The summed E-state index contributed by atoms with van der Waals surface area (Å²) in [4.78, 5) is 0. The summed E-state index contributed by atoms with van der Waals surface area (Å²) in [5, 5.41) is 12.9. The van der Waals surface area contributed by atoms with E-state index in [4.69, 9.17) is 16.9 Å². The molecule has 1 N–H and O–H groups in total. The number of hydrogen-bond donors (Lipinski definition) is 1. The molecule has 16 heavy (non-hydrogen) atoms. The molecule has 1 aromatic carbocycles. The van der Waals surface area contributed by atoms with Crippen LogP contribution in [0.3, 0.4) is 0 Å². The molecular weight excluding hydrogens is 220 g/mol. The zero-order chi connectivity index (χ0) is 11.6. The Morgan fingerprint density at radius 3 is 2.81 bits per heavy atom. The SMILES string of the molecule is Cc1cccc(Cl)c1NCC1(CC#N)CC1. The quantitative estimate of drug-likeness (QED) is 0.861. The number of nitrogens with one attached hydrogen (secondary N) is 1. The highest BCUT2D eigenvalue weighted by Gasteiger charge is 2.42. The van der Waals surface area contributed by atoms with Crippen LogP contribution in [-0.2, 0) is 0 Å². The van der Waals surface area contributed by atoms with Crippen LogP contribution in [0.5, 0.6) is 0 Å². The van der Waals surface area contributed by atoms with Crippen molar-refractivity contribution in [3.05, 3.63) is 28.8 Å². The standard InChI is InChI=1S/C13H15ClN2/c1-10-3-2-4-11(14)12(10)16-9-13(5-6-13)7-8-15/h2-4,16H,5-7,9H2,1H3. The molecule has 3 heteroatoms. The van der Waals surface area contributed by atoms with Crippen molar-refractivity contribution < 1.29 is 0 Å². The maximum Gasteiger partial charge on any atom is 0.0640 e. The summed E-state index contributed by atoms with van der Waals surface area (Å²) in [6.07, 6.45) is 2.94. The first kappa shape index (κ1) is 11.3. The van der Waals surface area contributed by atoms with Crippen LogP contribution in [0.2, 0.25) is 5.02 Å². The van der Waals surface area contributed by atoms with Crippen LogP contribution in [0, 0.1) is 23.7 Å². The van der Waals surface area contributed by atoms with Gasteiger partial charge in [0, 0.05) is 18.4 Å². The van der Waals surface area contributed by atoms with Crippen molar-refractivity contribution in [1.82, 2.24) is 0 Å². The normalized spacial score (nSPS) is 16.6. The number of hydrogen-bond acceptors (Lipinski definition) is 2. The average Bonchev–Trinajstić information content (AvgIpc) is 2.98. The van der Waals surface area contributed by atoms with Gasteiger partial charge in [0.15, 0.2) is 0 Å². The molecule has 0 unspecified atom stereocenters. The molecule has 2 rings (SSSR count). The van der Waals surface area contributed by atoms with Crippen molar-refractivity contribution in [3.63, 3.8) is 0 Å². The van der Waals surface area contributed by atoms with Crippen LogP contribution in [0.15, 0.2) is 18.2 Å². The van der Waals surface area contributed by atoms with E-state index in [0.29, 0.717) is 6.42 Å². The minimum atomic E-state index is 0.209. The Morgan fingerprint density at radius 2 is 2.25 bits per heavy atom. The molecule has 0 radical (unpaired) electrons. The maximum atomic E-state index is 8.74. The Balaban J connectivity index is 2.03. The van der Waals surface area contributed by atoms with Crippen LogP contribution >= 0.6 is 11.6 Å². The largest absolute Gasteiger partial charge is 0.383 e. The first-order valence-corrected chi connectivity index (χ1v) is 5.91. The van der Waals surface area contributed by atoms with E-state index in [9.17, 15) is 0 Å². The molecule has 1 aliphatic rings. The molecule has 0 aromatic heterocycles. The number of nitriles is 1. The van der Waals surface area contributed by atoms with Crippen LogP contribution in [0.25, 0.3) is 0 Å². The number of para-hydroxylation sites is 1. The third kappa shape index (κ3) is 2.31. The lowest BCUT2D eigenvalue weighted by Crippen LogP contribution is -2.15. The van der Waals surface area contributed by atoms with Crippen LogP contribution in [0.4, 0.5) is 5.69 Å². The topological polar surface area (TPSA) is 35.8 Å². The number of rotatable bonds is 4. The highest BCUT2D eigenvalue weighted by Crippen LogP contribution is 2.48. The van der Waals surface area contributed by atoms with Crippen molar-refractivity contribution in [2.45, 2.75) is 26.2 Å². The minimum absolute atomic E-state index is 0.209. The zero-order valence-corrected chi connectivity index (χ0v) is 10.1. The van der Waals surface area contributed by atoms with E-state index in [1.807, 2.05) is 25.1 Å². The lowest BCUT2D eigenvalue weighted by molar-refractivity contribution is 0.557. The van der Waals surface area contributed by atoms with Crippen LogP contribution in [-0.4, -0.2) is 6.54 Å². The van der Waals surface area contributed by atoms with Crippen LogP contribution in [0.1, 0.15) is 24.8 Å². The fourth-order valence-corrected chi connectivity index (χ4v) is 2.18. The highest BCUT2D eigenvalue weighted by molar-refractivity contribution is 6.33. The number of halogens is 1. The van der Waals surface area contributed by atoms with Gasteiger partial charge in [0.2, 0.25) is 0 Å². The van der Waals surface area contributed by atoms with E-state index in [1.165, 1.54) is 0 Å². The third-order valence-electron chi connectivity index (χ3n) is 3.27. The molecule has 0 bridgehead atoms. The number of anilines is 1. The molecule has 0 amide bonds. The molecule has 1 aromatic rings. The van der Waals surface area contributed by atoms with Gasteiger partial charge >= 0.3 is 0 Å². The van der Waals surface area contributed by atoms with Gasteiger partial charge in [-0.05, 0) is 31.4 Å². The molecule has 0 atom stereocenters. The first-order valence-electron chi connectivity index (χ1n) is 5.53. The fraction of sp³-hybridized carbons (Fsp3) is 0.462. The molecule has 1 fully saturated rings. The van der Waals surface area contributed by atoms with Crippen molar-refractivity contribution in [2.75, 3.05) is 11.9 Å². The smallest absolute Gasteiger partial charge is 0.0640 e. The van der Waals surface area contributed by atoms with Gasteiger partial charge in [0.1, 0.15) is 0 Å². The number of aryl methyl sites for hydroxylation is 1. The molecule has 0 heterocycles. The summed E-state index contributed by atoms with van der Waals surface area (Å²) in [6.45, 7) is 2.89. The molecule has 1 aliphatic carbocycles. The van der Waals surface area contributed by atoms with Gasteiger partial charge in [-0.25, -0.2) is 0 Å². The van der Waals surface area contributed by atoms with Gasteiger partial charge in [0.05, 0.1) is 16.8 Å². The minimum Gasteiger partial charge on any atom is -0.383 e. The second-order valence-corrected chi connectivity index (χ2v) is 5.03. The summed E-state index contributed by atoms with van der Waals surface area (Å²) in [7, 11) is 0. The van der Waals surface area contributed by atoms with Crippen molar-refractivity contribution in [3.8, 4) is 6.07 Å². The molecular formula is C13H15ClN2. The van der Waals surface area contributed by atoms with E-state index in [-0.39, 0.29) is 5.41 Å². The van der Waals surface area contributed by atoms with E-state index in [2.05, 4.69) is 11.4 Å². The Labute approximate surface area is 101 Å². The number of nitrogens with zero attached hydrogens (tertiary/aromatic N) is 1. The molecule has 0 aliphatic heterocycles.